The van der Waals surface area contributed by atoms with E-state index in [9.17, 15) is 9.50 Å². The zero-order chi connectivity index (χ0) is 21.6. The number of phenols is 1. The topological polar surface area (TPSA) is 53.8 Å². The predicted molar refractivity (Wildman–Crippen MR) is 123 cm³/mol. The SMILES string of the molecule is CCCOc1ccc(CN/C=C2\CN=Cc3ccc(-c4ccc(F)cc4)cc32)cc1O. The molecule has 0 unspecified atom stereocenters. The van der Waals surface area contributed by atoms with E-state index < -0.39 is 0 Å². The fraction of sp³-hybridized carbons (Fsp3) is 0.192. The summed E-state index contributed by atoms with van der Waals surface area (Å²) in [6.07, 6.45) is 4.75. The van der Waals surface area contributed by atoms with Crippen molar-refractivity contribution < 1.29 is 14.2 Å². The Balaban J connectivity index is 1.50. The van der Waals surface area contributed by atoms with Gasteiger partial charge in [0.25, 0.3) is 0 Å². The van der Waals surface area contributed by atoms with Gasteiger partial charge in [-0.2, -0.15) is 0 Å². The highest BCUT2D eigenvalue weighted by Gasteiger charge is 2.12. The summed E-state index contributed by atoms with van der Waals surface area (Å²) >= 11 is 0. The normalized spacial score (nSPS) is 13.8. The van der Waals surface area contributed by atoms with Crippen molar-refractivity contribution in [2.75, 3.05) is 13.2 Å². The minimum atomic E-state index is -0.241. The van der Waals surface area contributed by atoms with Crippen LogP contribution in [0.4, 0.5) is 4.39 Å². The van der Waals surface area contributed by atoms with E-state index in [1.54, 1.807) is 24.3 Å². The summed E-state index contributed by atoms with van der Waals surface area (Å²) in [4.78, 5) is 4.45. The fourth-order valence-corrected chi connectivity index (χ4v) is 3.52. The molecule has 158 valence electrons. The fourth-order valence-electron chi connectivity index (χ4n) is 3.52. The molecule has 0 atom stereocenters. The molecule has 1 aliphatic rings. The van der Waals surface area contributed by atoms with Gasteiger partial charge in [-0.3, -0.25) is 4.99 Å². The molecule has 0 bridgehead atoms. The third kappa shape index (κ3) is 4.94. The summed E-state index contributed by atoms with van der Waals surface area (Å²) in [7, 11) is 0. The van der Waals surface area contributed by atoms with E-state index in [0.29, 0.717) is 25.4 Å². The van der Waals surface area contributed by atoms with Crippen molar-refractivity contribution in [3.8, 4) is 22.6 Å². The molecule has 0 saturated carbocycles. The molecule has 0 aromatic heterocycles. The standard InChI is InChI=1S/C26H25FN2O2/c1-2-11-31-26-10-3-18(12-25(26)30)14-28-16-22-17-29-15-21-5-4-20(13-24(21)22)19-6-8-23(27)9-7-19/h3-10,12-13,15-16,28,30H,2,11,14,17H2,1H3/b22-16+. The summed E-state index contributed by atoms with van der Waals surface area (Å²) in [5.74, 6) is 0.416. The molecule has 1 heterocycles. The lowest BCUT2D eigenvalue weighted by atomic mass is 9.94. The average molecular weight is 416 g/mol. The number of phenolic OH excluding ortho intramolecular Hbond substituents is 1. The minimum Gasteiger partial charge on any atom is -0.504 e. The number of nitrogens with zero attached hydrogens (tertiary/aromatic N) is 1. The third-order valence-electron chi connectivity index (χ3n) is 5.14. The van der Waals surface area contributed by atoms with Crippen LogP contribution in [0.2, 0.25) is 0 Å². The highest BCUT2D eigenvalue weighted by atomic mass is 19.1. The van der Waals surface area contributed by atoms with Gasteiger partial charge in [0.05, 0.1) is 13.2 Å². The first-order valence-electron chi connectivity index (χ1n) is 10.4. The number of aromatic hydroxyl groups is 1. The lowest BCUT2D eigenvalue weighted by molar-refractivity contribution is 0.299. The van der Waals surface area contributed by atoms with Gasteiger partial charge < -0.3 is 15.2 Å². The summed E-state index contributed by atoms with van der Waals surface area (Å²) in [5.41, 5.74) is 6.20. The Morgan fingerprint density at radius 2 is 1.87 bits per heavy atom. The maximum Gasteiger partial charge on any atom is 0.160 e. The Bertz CT molecular complexity index is 1120. The Kier molecular flexibility index (Phi) is 6.32. The van der Waals surface area contributed by atoms with Crippen LogP contribution in [0.25, 0.3) is 16.7 Å². The lowest BCUT2D eigenvalue weighted by Gasteiger charge is -2.16. The van der Waals surface area contributed by atoms with Crippen molar-refractivity contribution in [3.05, 3.63) is 89.4 Å². The summed E-state index contributed by atoms with van der Waals surface area (Å²) in [5, 5.41) is 13.5. The number of aliphatic imine (C=N–C) groups is 1. The van der Waals surface area contributed by atoms with E-state index in [2.05, 4.69) is 16.4 Å². The van der Waals surface area contributed by atoms with Crippen molar-refractivity contribution in [1.29, 1.82) is 0 Å². The van der Waals surface area contributed by atoms with Crippen LogP contribution in [0, 0.1) is 5.82 Å². The number of hydrogen-bond donors (Lipinski definition) is 2. The van der Waals surface area contributed by atoms with Crippen LogP contribution in [0.3, 0.4) is 0 Å². The van der Waals surface area contributed by atoms with Gasteiger partial charge in [0.2, 0.25) is 0 Å². The highest BCUT2D eigenvalue weighted by Crippen LogP contribution is 2.29. The summed E-state index contributed by atoms with van der Waals surface area (Å²) in [6.45, 7) is 3.76. The zero-order valence-electron chi connectivity index (χ0n) is 17.4. The molecule has 4 nitrogen and oxygen atoms in total. The van der Waals surface area contributed by atoms with Crippen LogP contribution >= 0.6 is 0 Å². The Morgan fingerprint density at radius 1 is 1.06 bits per heavy atom. The number of benzene rings is 3. The van der Waals surface area contributed by atoms with Gasteiger partial charge in [0.1, 0.15) is 5.82 Å². The van der Waals surface area contributed by atoms with Crippen molar-refractivity contribution in [3.63, 3.8) is 0 Å². The Morgan fingerprint density at radius 3 is 2.65 bits per heavy atom. The van der Waals surface area contributed by atoms with Crippen LogP contribution in [0.1, 0.15) is 30.0 Å². The zero-order valence-corrected chi connectivity index (χ0v) is 17.4. The van der Waals surface area contributed by atoms with Crippen LogP contribution < -0.4 is 10.1 Å². The van der Waals surface area contributed by atoms with Crippen molar-refractivity contribution in [2.24, 2.45) is 4.99 Å². The molecule has 0 spiro atoms. The predicted octanol–water partition coefficient (Wildman–Crippen LogP) is 5.55. The summed E-state index contributed by atoms with van der Waals surface area (Å²) < 4.78 is 18.8. The Hall–Kier alpha value is -3.60. The first-order chi connectivity index (χ1) is 15.1. The molecule has 5 heteroatoms. The number of hydrogen-bond acceptors (Lipinski definition) is 4. The molecular weight excluding hydrogens is 391 g/mol. The van der Waals surface area contributed by atoms with E-state index >= 15 is 0 Å². The quantitative estimate of drug-likeness (QED) is 0.531. The smallest absolute Gasteiger partial charge is 0.160 e. The number of nitrogens with one attached hydrogen (secondary N) is 1. The number of halogens is 1. The molecular formula is C26H25FN2O2. The van der Waals surface area contributed by atoms with Crippen LogP contribution in [-0.4, -0.2) is 24.5 Å². The monoisotopic (exact) mass is 416 g/mol. The summed E-state index contributed by atoms with van der Waals surface area (Å²) in [6, 6.07) is 18.2. The largest absolute Gasteiger partial charge is 0.504 e. The van der Waals surface area contributed by atoms with E-state index in [1.165, 1.54) is 12.1 Å². The maximum atomic E-state index is 13.3. The second-order valence-corrected chi connectivity index (χ2v) is 7.48. The third-order valence-corrected chi connectivity index (χ3v) is 5.14. The minimum absolute atomic E-state index is 0.150. The average Bonchev–Trinajstić information content (AvgIpc) is 2.79. The lowest BCUT2D eigenvalue weighted by Crippen LogP contribution is -2.10. The first kappa shape index (κ1) is 20.7. The molecule has 0 fully saturated rings. The molecule has 31 heavy (non-hydrogen) atoms. The second kappa shape index (κ2) is 9.47. The number of ether oxygens (including phenoxy) is 1. The molecule has 4 rings (SSSR count). The van der Waals surface area contributed by atoms with Gasteiger partial charge in [0.15, 0.2) is 11.5 Å². The molecule has 1 aliphatic heterocycles. The van der Waals surface area contributed by atoms with Gasteiger partial charge in [-0.25, -0.2) is 4.39 Å². The maximum absolute atomic E-state index is 13.3. The van der Waals surface area contributed by atoms with Crippen LogP contribution in [-0.2, 0) is 6.54 Å². The number of rotatable bonds is 7. The molecule has 3 aromatic carbocycles. The molecule has 0 radical (unpaired) electrons. The van der Waals surface area contributed by atoms with E-state index in [-0.39, 0.29) is 11.6 Å². The van der Waals surface area contributed by atoms with Gasteiger partial charge in [-0.05, 0) is 70.1 Å². The highest BCUT2D eigenvalue weighted by molar-refractivity contribution is 5.93. The van der Waals surface area contributed by atoms with Gasteiger partial charge >= 0.3 is 0 Å². The van der Waals surface area contributed by atoms with Gasteiger partial charge in [0, 0.05) is 19.0 Å². The van der Waals surface area contributed by atoms with E-state index in [0.717, 1.165) is 39.8 Å². The second-order valence-electron chi connectivity index (χ2n) is 7.48. The van der Waals surface area contributed by atoms with Gasteiger partial charge in [-0.15, -0.1) is 0 Å². The Labute approximate surface area is 181 Å². The van der Waals surface area contributed by atoms with E-state index in [4.69, 9.17) is 4.74 Å². The molecule has 0 saturated heterocycles. The van der Waals surface area contributed by atoms with Crippen LogP contribution in [0.15, 0.2) is 71.9 Å². The number of fused-ring (bicyclic) bond motifs is 1. The first-order valence-corrected chi connectivity index (χ1v) is 10.4. The van der Waals surface area contributed by atoms with Crippen LogP contribution in [0.5, 0.6) is 11.5 Å². The van der Waals surface area contributed by atoms with Crippen molar-refractivity contribution >= 4 is 11.8 Å². The molecule has 3 aromatic rings. The molecule has 0 aliphatic carbocycles. The molecule has 2 N–H and O–H groups in total. The van der Waals surface area contributed by atoms with Gasteiger partial charge in [-0.1, -0.05) is 37.3 Å². The molecule has 0 amide bonds. The van der Waals surface area contributed by atoms with Crippen molar-refractivity contribution in [2.45, 2.75) is 19.9 Å². The van der Waals surface area contributed by atoms with E-state index in [1.807, 2.05) is 37.5 Å². The van der Waals surface area contributed by atoms with Crippen molar-refractivity contribution in [1.82, 2.24) is 5.32 Å².